The second kappa shape index (κ2) is 4.07. The average molecular weight is 270 g/mol. The Morgan fingerprint density at radius 2 is 2.11 bits per heavy atom. The smallest absolute Gasteiger partial charge is 0.186 e. The van der Waals surface area contributed by atoms with E-state index in [0.29, 0.717) is 15.7 Å². The first kappa shape index (κ1) is 11.7. The van der Waals surface area contributed by atoms with Crippen LogP contribution in [0.1, 0.15) is 6.23 Å². The van der Waals surface area contributed by atoms with Gasteiger partial charge in [0.2, 0.25) is 0 Å². The number of nitrogens with zero attached hydrogens (tertiary/aromatic N) is 3. The van der Waals surface area contributed by atoms with E-state index in [1.807, 2.05) is 0 Å². The van der Waals surface area contributed by atoms with Crippen molar-refractivity contribution in [2.75, 3.05) is 0 Å². The van der Waals surface area contributed by atoms with Gasteiger partial charge in [0.15, 0.2) is 12.5 Å². The lowest BCUT2D eigenvalue weighted by Gasteiger charge is -2.15. The minimum Gasteiger partial charge on any atom is -0.385 e. The fourth-order valence-corrected chi connectivity index (χ4v) is 2.12. The topological polar surface area (TPSA) is 116 Å². The van der Waals surface area contributed by atoms with Crippen LogP contribution in [0, 0.1) is 4.64 Å². The van der Waals surface area contributed by atoms with Gasteiger partial charge in [-0.1, -0.05) is 12.2 Å². The van der Waals surface area contributed by atoms with Crippen molar-refractivity contribution in [3.8, 4) is 0 Å². The second-order valence-electron chi connectivity index (χ2n) is 3.96. The van der Waals surface area contributed by atoms with Crippen molar-refractivity contribution in [3.05, 3.63) is 17.2 Å². The van der Waals surface area contributed by atoms with Crippen LogP contribution in [-0.4, -0.2) is 53.6 Å². The van der Waals surface area contributed by atoms with E-state index in [0.717, 1.165) is 0 Å². The lowest BCUT2D eigenvalue weighted by atomic mass is 10.2. The van der Waals surface area contributed by atoms with Crippen LogP contribution >= 0.6 is 12.2 Å². The predicted molar refractivity (Wildman–Crippen MR) is 60.9 cm³/mol. The molecule has 0 unspecified atom stereocenters. The second-order valence-corrected chi connectivity index (χ2v) is 4.34. The van der Waals surface area contributed by atoms with Gasteiger partial charge in [-0.15, -0.1) is 0 Å². The van der Waals surface area contributed by atoms with Gasteiger partial charge in [-0.25, -0.2) is 9.67 Å². The highest BCUT2D eigenvalue weighted by molar-refractivity contribution is 7.71. The van der Waals surface area contributed by atoms with E-state index in [1.165, 1.54) is 17.2 Å². The molecule has 3 heterocycles. The Labute approximate surface area is 105 Å². The summed E-state index contributed by atoms with van der Waals surface area (Å²) in [6.45, 7) is 0. The predicted octanol–water partition coefficient (Wildman–Crippen LogP) is -0.942. The summed E-state index contributed by atoms with van der Waals surface area (Å²) in [5, 5.41) is 33.2. The van der Waals surface area contributed by atoms with Crippen molar-refractivity contribution < 1.29 is 20.1 Å². The molecule has 8 nitrogen and oxygen atoms in total. The number of aliphatic hydroxyl groups is 3. The summed E-state index contributed by atoms with van der Waals surface area (Å²) in [5.41, 5.74) is 0.500. The molecule has 0 aliphatic carbocycles. The number of hydrogen-bond acceptors (Lipinski definition) is 7. The number of nitrogens with one attached hydrogen (secondary N) is 1. The van der Waals surface area contributed by atoms with Gasteiger partial charge in [0.05, 0.1) is 17.9 Å². The van der Waals surface area contributed by atoms with Crippen molar-refractivity contribution in [1.82, 2.24) is 19.7 Å². The summed E-state index contributed by atoms with van der Waals surface area (Å²) < 4.78 is 6.74. The van der Waals surface area contributed by atoms with E-state index in [4.69, 9.17) is 17.0 Å². The van der Waals surface area contributed by atoms with Crippen LogP contribution in [0.25, 0.3) is 11.0 Å². The lowest BCUT2D eigenvalue weighted by Crippen LogP contribution is -2.31. The number of ether oxygens (including phenoxy) is 1. The van der Waals surface area contributed by atoms with E-state index in [-0.39, 0.29) is 0 Å². The van der Waals surface area contributed by atoms with Crippen molar-refractivity contribution in [2.24, 2.45) is 0 Å². The summed E-state index contributed by atoms with van der Waals surface area (Å²) in [6.07, 6.45) is -2.21. The van der Waals surface area contributed by atoms with Gasteiger partial charge in [-0.2, -0.15) is 5.10 Å². The first-order valence-electron chi connectivity index (χ1n) is 5.20. The van der Waals surface area contributed by atoms with Crippen molar-refractivity contribution in [3.63, 3.8) is 0 Å². The molecule has 2 aromatic rings. The van der Waals surface area contributed by atoms with E-state index in [2.05, 4.69) is 15.1 Å². The van der Waals surface area contributed by atoms with E-state index < -0.39 is 24.7 Å². The number of aromatic amines is 1. The Balaban J connectivity index is 2.11. The van der Waals surface area contributed by atoms with Gasteiger partial charge < -0.3 is 25.0 Å². The van der Waals surface area contributed by atoms with Crippen molar-refractivity contribution >= 4 is 23.3 Å². The average Bonchev–Trinajstić information content (AvgIpc) is 2.88. The highest BCUT2D eigenvalue weighted by Gasteiger charge is 2.43. The maximum atomic E-state index is 9.78. The Hall–Kier alpha value is -1.39. The largest absolute Gasteiger partial charge is 0.385 e. The molecule has 0 saturated carbocycles. The van der Waals surface area contributed by atoms with Crippen LogP contribution in [0.2, 0.25) is 0 Å². The van der Waals surface area contributed by atoms with Crippen LogP contribution in [0.15, 0.2) is 12.5 Å². The molecule has 9 heteroatoms. The third kappa shape index (κ3) is 1.56. The standard InChI is InChI=1S/C9H10N4O4S/c14-4-5(15)9(16)17-8(4)13-6-3(1-12-13)7(18)11-2-10-6/h1-2,4-5,8-9,14-16H,(H,10,11,18)/t4-,5+,8-,9+/m0/s1. The molecule has 1 aliphatic rings. The maximum absolute atomic E-state index is 9.78. The number of fused-ring (bicyclic) bond motifs is 1. The molecule has 4 N–H and O–H groups in total. The molecule has 0 aromatic carbocycles. The summed E-state index contributed by atoms with van der Waals surface area (Å²) in [6, 6.07) is 0. The van der Waals surface area contributed by atoms with Gasteiger partial charge in [0, 0.05) is 0 Å². The molecule has 96 valence electrons. The van der Waals surface area contributed by atoms with Gasteiger partial charge in [-0.3, -0.25) is 0 Å². The number of rotatable bonds is 1. The van der Waals surface area contributed by atoms with Gasteiger partial charge in [0.25, 0.3) is 0 Å². The van der Waals surface area contributed by atoms with Crippen molar-refractivity contribution in [2.45, 2.75) is 24.7 Å². The van der Waals surface area contributed by atoms with Crippen LogP contribution < -0.4 is 0 Å². The number of aromatic nitrogens is 4. The molecular weight excluding hydrogens is 260 g/mol. The van der Waals surface area contributed by atoms with Crippen LogP contribution in [0.4, 0.5) is 0 Å². The summed E-state index contributed by atoms with van der Waals surface area (Å²) in [7, 11) is 0. The first-order chi connectivity index (χ1) is 8.59. The highest BCUT2D eigenvalue weighted by Crippen LogP contribution is 2.29. The molecule has 1 saturated heterocycles. The Morgan fingerprint density at radius 1 is 1.33 bits per heavy atom. The van der Waals surface area contributed by atoms with Crippen LogP contribution in [0.5, 0.6) is 0 Å². The minimum atomic E-state index is -1.45. The fraction of sp³-hybridized carbons (Fsp3) is 0.444. The molecule has 4 atom stereocenters. The third-order valence-electron chi connectivity index (χ3n) is 2.86. The molecule has 0 amide bonds. The van der Waals surface area contributed by atoms with Crippen LogP contribution in [0.3, 0.4) is 0 Å². The Morgan fingerprint density at radius 3 is 2.78 bits per heavy atom. The fourth-order valence-electron chi connectivity index (χ4n) is 1.92. The van der Waals surface area contributed by atoms with Crippen molar-refractivity contribution in [1.29, 1.82) is 0 Å². The zero-order valence-corrected chi connectivity index (χ0v) is 9.78. The quantitative estimate of drug-likeness (QED) is 0.494. The zero-order valence-electron chi connectivity index (χ0n) is 8.96. The monoisotopic (exact) mass is 270 g/mol. The van der Waals surface area contributed by atoms with E-state index >= 15 is 0 Å². The molecule has 0 spiro atoms. The molecule has 1 aliphatic heterocycles. The normalized spacial score (nSPS) is 32.2. The first-order valence-corrected chi connectivity index (χ1v) is 5.61. The highest BCUT2D eigenvalue weighted by atomic mass is 32.1. The van der Waals surface area contributed by atoms with Crippen LogP contribution in [-0.2, 0) is 4.74 Å². The SMILES string of the molecule is O[C@@H]1[C@H](O)[C@@H](n2ncc3c(=S)nc[nH]c32)O[C@H]1O. The molecule has 0 bridgehead atoms. The maximum Gasteiger partial charge on any atom is 0.186 e. The Bertz CT molecular complexity index is 641. The molecule has 1 fully saturated rings. The molecule has 2 aromatic heterocycles. The van der Waals surface area contributed by atoms with E-state index in [9.17, 15) is 15.3 Å². The zero-order chi connectivity index (χ0) is 12.9. The minimum absolute atomic E-state index is 0.364. The van der Waals surface area contributed by atoms with E-state index in [1.54, 1.807) is 0 Å². The molecule has 0 radical (unpaired) electrons. The summed E-state index contributed by atoms with van der Waals surface area (Å²) >= 11 is 5.03. The lowest BCUT2D eigenvalue weighted by molar-refractivity contribution is -0.143. The Kier molecular flexibility index (Phi) is 2.64. The number of aliphatic hydroxyl groups excluding tert-OH is 3. The molecule has 3 rings (SSSR count). The van der Waals surface area contributed by atoms with Gasteiger partial charge in [-0.05, 0) is 0 Å². The van der Waals surface area contributed by atoms with Gasteiger partial charge in [0.1, 0.15) is 22.5 Å². The summed E-state index contributed by atoms with van der Waals surface area (Å²) in [5.74, 6) is 0. The van der Waals surface area contributed by atoms with Gasteiger partial charge >= 0.3 is 0 Å². The molecule has 18 heavy (non-hydrogen) atoms. The third-order valence-corrected chi connectivity index (χ3v) is 3.19. The molecular formula is C9H10N4O4S. The number of H-pyrrole nitrogens is 1. The summed E-state index contributed by atoms with van der Waals surface area (Å²) in [4.78, 5) is 6.74. The number of hydrogen-bond donors (Lipinski definition) is 4.